The average molecular weight is 476 g/mol. The van der Waals surface area contributed by atoms with Gasteiger partial charge in [-0.25, -0.2) is 0 Å². The van der Waals surface area contributed by atoms with Gasteiger partial charge in [0.1, 0.15) is 24.7 Å². The number of aromatic amines is 1. The zero-order valence-electron chi connectivity index (χ0n) is 18.4. The van der Waals surface area contributed by atoms with E-state index in [9.17, 15) is 29.1 Å². The van der Waals surface area contributed by atoms with E-state index in [2.05, 4.69) is 20.9 Å². The van der Waals surface area contributed by atoms with Crippen LogP contribution < -0.4 is 27.4 Å². The van der Waals surface area contributed by atoms with Crippen LogP contribution in [0.5, 0.6) is 0 Å². The number of para-hydroxylation sites is 1. The quantitative estimate of drug-likeness (QED) is 0.162. The Bertz CT molecular complexity index is 1070. The maximum absolute atomic E-state index is 13.1. The fourth-order valence-corrected chi connectivity index (χ4v) is 3.19. The van der Waals surface area contributed by atoms with Crippen LogP contribution in [0.3, 0.4) is 0 Å². The first-order valence-corrected chi connectivity index (χ1v) is 10.4. The molecule has 184 valence electrons. The number of primary amides is 1. The third-order valence-electron chi connectivity index (χ3n) is 5.01. The summed E-state index contributed by atoms with van der Waals surface area (Å²) < 4.78 is 0. The molecule has 13 nitrogen and oxygen atoms in total. The van der Waals surface area contributed by atoms with Crippen LogP contribution in [-0.2, 0) is 30.4 Å². The predicted molar refractivity (Wildman–Crippen MR) is 120 cm³/mol. The molecule has 4 unspecified atom stereocenters. The fraction of sp³-hybridized carbons (Fsp3) is 0.381. The number of hydrogen-bond donors (Lipinski definition) is 8. The molecule has 0 aliphatic heterocycles. The number of fused-ring (bicyclic) bond motifs is 1. The van der Waals surface area contributed by atoms with E-state index in [-0.39, 0.29) is 6.42 Å². The molecular formula is C21H28N6O7. The third-order valence-corrected chi connectivity index (χ3v) is 5.01. The maximum atomic E-state index is 13.1. The molecule has 13 heteroatoms. The van der Waals surface area contributed by atoms with Crippen LogP contribution in [0, 0.1) is 0 Å². The van der Waals surface area contributed by atoms with Gasteiger partial charge < -0.3 is 42.6 Å². The van der Waals surface area contributed by atoms with Gasteiger partial charge in [0, 0.05) is 23.5 Å². The standard InChI is InChI=1S/C21H28N6O7/c1-10(28)18(23)21(34)27-14(6-11-8-24-13-5-3-2-4-12(11)13)20(33)26-15(7-16(22)29)19(32)25-9-17(30)31/h2-5,8,10,14-15,18,24,28H,6-7,9,23H2,1H3,(H2,22,29)(H,25,32)(H,26,33)(H,27,34)(H,30,31). The topological polar surface area (TPSA) is 230 Å². The van der Waals surface area contributed by atoms with E-state index in [0.717, 1.165) is 10.9 Å². The van der Waals surface area contributed by atoms with Gasteiger partial charge in [-0.3, -0.25) is 24.0 Å². The van der Waals surface area contributed by atoms with Gasteiger partial charge in [-0.15, -0.1) is 0 Å². The van der Waals surface area contributed by atoms with Crippen molar-refractivity contribution in [1.29, 1.82) is 0 Å². The molecule has 0 aliphatic rings. The third kappa shape index (κ3) is 7.28. The van der Waals surface area contributed by atoms with Gasteiger partial charge in [-0.1, -0.05) is 18.2 Å². The molecular weight excluding hydrogens is 448 g/mol. The number of carboxylic acid groups (broad SMARTS) is 1. The van der Waals surface area contributed by atoms with Gasteiger partial charge in [0.15, 0.2) is 0 Å². The number of rotatable bonds is 12. The molecule has 0 radical (unpaired) electrons. The second kappa shape index (κ2) is 11.8. The lowest BCUT2D eigenvalue weighted by molar-refractivity contribution is -0.138. The highest BCUT2D eigenvalue weighted by Gasteiger charge is 2.30. The van der Waals surface area contributed by atoms with E-state index in [0.29, 0.717) is 5.56 Å². The summed E-state index contributed by atoms with van der Waals surface area (Å²) in [4.78, 5) is 63.0. The van der Waals surface area contributed by atoms with Crippen molar-refractivity contribution in [2.45, 2.75) is 44.0 Å². The molecule has 0 bridgehead atoms. The average Bonchev–Trinajstić information content (AvgIpc) is 3.18. The van der Waals surface area contributed by atoms with Crippen LogP contribution in [0.15, 0.2) is 30.5 Å². The monoisotopic (exact) mass is 476 g/mol. The number of carboxylic acids is 1. The van der Waals surface area contributed by atoms with Gasteiger partial charge >= 0.3 is 5.97 Å². The summed E-state index contributed by atoms with van der Waals surface area (Å²) in [6, 6.07) is 3.21. The minimum Gasteiger partial charge on any atom is -0.480 e. The number of nitrogens with one attached hydrogen (secondary N) is 4. The van der Waals surface area contributed by atoms with Crippen molar-refractivity contribution in [3.05, 3.63) is 36.0 Å². The molecule has 0 fully saturated rings. The van der Waals surface area contributed by atoms with E-state index in [1.165, 1.54) is 6.92 Å². The highest BCUT2D eigenvalue weighted by molar-refractivity contribution is 5.96. The number of hydrogen-bond acceptors (Lipinski definition) is 7. The Balaban J connectivity index is 2.28. The number of aromatic nitrogens is 1. The van der Waals surface area contributed by atoms with Crippen molar-refractivity contribution in [2.75, 3.05) is 6.54 Å². The lowest BCUT2D eigenvalue weighted by atomic mass is 10.0. The van der Waals surface area contributed by atoms with E-state index < -0.39 is 66.8 Å². The molecule has 0 saturated carbocycles. The molecule has 0 aliphatic carbocycles. The number of aliphatic carboxylic acids is 1. The number of carbonyl (C=O) groups is 5. The highest BCUT2D eigenvalue weighted by atomic mass is 16.4. The molecule has 2 aromatic rings. The van der Waals surface area contributed by atoms with Gasteiger partial charge in [-0.2, -0.15) is 0 Å². The first-order valence-electron chi connectivity index (χ1n) is 10.4. The van der Waals surface area contributed by atoms with Crippen molar-refractivity contribution < 1.29 is 34.2 Å². The molecule has 0 spiro atoms. The van der Waals surface area contributed by atoms with Gasteiger partial charge in [0.05, 0.1) is 12.5 Å². The van der Waals surface area contributed by atoms with Crippen molar-refractivity contribution in [3.63, 3.8) is 0 Å². The van der Waals surface area contributed by atoms with E-state index in [1.807, 2.05) is 18.2 Å². The number of carbonyl (C=O) groups excluding carboxylic acids is 4. The maximum Gasteiger partial charge on any atom is 0.322 e. The van der Waals surface area contributed by atoms with Crippen molar-refractivity contribution >= 4 is 40.5 Å². The SMILES string of the molecule is CC(O)C(N)C(=O)NC(Cc1c[nH]c2ccccc12)C(=O)NC(CC(N)=O)C(=O)NCC(=O)O. The van der Waals surface area contributed by atoms with Crippen LogP contribution in [-0.4, -0.2) is 75.6 Å². The zero-order chi connectivity index (χ0) is 25.4. The second-order valence-corrected chi connectivity index (χ2v) is 7.73. The molecule has 4 amide bonds. The predicted octanol–water partition coefficient (Wildman–Crippen LogP) is -2.54. The number of H-pyrrole nitrogens is 1. The Labute approximate surface area is 194 Å². The summed E-state index contributed by atoms with van der Waals surface area (Å²) in [6.45, 7) is 0.581. The molecule has 4 atom stereocenters. The number of aliphatic hydroxyl groups excluding tert-OH is 1. The molecule has 10 N–H and O–H groups in total. The Morgan fingerprint density at radius 1 is 1.03 bits per heavy atom. The summed E-state index contributed by atoms with van der Waals surface area (Å²) in [5.74, 6) is -4.82. The molecule has 1 heterocycles. The molecule has 0 saturated heterocycles. The van der Waals surface area contributed by atoms with Crippen molar-refractivity contribution in [3.8, 4) is 0 Å². The Hall–Kier alpha value is -3.97. The minimum atomic E-state index is -1.47. The number of aliphatic hydroxyl groups is 1. The second-order valence-electron chi connectivity index (χ2n) is 7.73. The summed E-state index contributed by atoms with van der Waals surface area (Å²) >= 11 is 0. The van der Waals surface area contributed by atoms with Crippen LogP contribution in [0.25, 0.3) is 10.9 Å². The first-order chi connectivity index (χ1) is 16.0. The van der Waals surface area contributed by atoms with Gasteiger partial charge in [0.25, 0.3) is 0 Å². The largest absolute Gasteiger partial charge is 0.480 e. The Morgan fingerprint density at radius 2 is 1.68 bits per heavy atom. The number of amides is 4. The normalized spacial score (nSPS) is 14.4. The summed E-state index contributed by atoms with van der Waals surface area (Å²) in [5.41, 5.74) is 12.3. The smallest absolute Gasteiger partial charge is 0.322 e. The zero-order valence-corrected chi connectivity index (χ0v) is 18.4. The molecule has 1 aromatic heterocycles. The summed E-state index contributed by atoms with van der Waals surface area (Å²) in [6.07, 6.45) is -0.153. The fourth-order valence-electron chi connectivity index (χ4n) is 3.19. The summed E-state index contributed by atoms with van der Waals surface area (Å²) in [5, 5.41) is 26.0. The van der Waals surface area contributed by atoms with E-state index >= 15 is 0 Å². The first kappa shape index (κ1) is 26.3. The molecule has 2 rings (SSSR count). The van der Waals surface area contributed by atoms with Crippen molar-refractivity contribution in [2.24, 2.45) is 11.5 Å². The molecule has 34 heavy (non-hydrogen) atoms. The highest BCUT2D eigenvalue weighted by Crippen LogP contribution is 2.19. The Morgan fingerprint density at radius 3 is 2.29 bits per heavy atom. The van der Waals surface area contributed by atoms with Crippen LogP contribution in [0.2, 0.25) is 0 Å². The minimum absolute atomic E-state index is 0.0197. The lowest BCUT2D eigenvalue weighted by Gasteiger charge is -2.24. The Kier molecular flexibility index (Phi) is 9.10. The molecule has 1 aromatic carbocycles. The van der Waals surface area contributed by atoms with Gasteiger partial charge in [0.2, 0.25) is 23.6 Å². The summed E-state index contributed by atoms with van der Waals surface area (Å²) in [7, 11) is 0. The van der Waals surface area contributed by atoms with E-state index in [4.69, 9.17) is 16.6 Å². The lowest BCUT2D eigenvalue weighted by Crippen LogP contribution is -2.58. The number of nitrogens with two attached hydrogens (primary N) is 2. The van der Waals surface area contributed by atoms with Crippen LogP contribution in [0.4, 0.5) is 0 Å². The number of benzene rings is 1. The van der Waals surface area contributed by atoms with Crippen molar-refractivity contribution in [1.82, 2.24) is 20.9 Å². The van der Waals surface area contributed by atoms with Crippen LogP contribution in [0.1, 0.15) is 18.9 Å². The van der Waals surface area contributed by atoms with Gasteiger partial charge in [-0.05, 0) is 18.6 Å². The van der Waals surface area contributed by atoms with E-state index in [1.54, 1.807) is 12.3 Å². The van der Waals surface area contributed by atoms with Crippen LogP contribution >= 0.6 is 0 Å².